The fourth-order valence-electron chi connectivity index (χ4n) is 2.12. The molecule has 3 aromatic rings. The molecule has 7 nitrogen and oxygen atoms in total. The van der Waals surface area contributed by atoms with Crippen LogP contribution in [0.5, 0.6) is 0 Å². The van der Waals surface area contributed by atoms with Gasteiger partial charge in [-0.3, -0.25) is 19.4 Å². The van der Waals surface area contributed by atoms with E-state index in [2.05, 4.69) is 20.4 Å². The number of amides is 1. The van der Waals surface area contributed by atoms with Crippen LogP contribution in [-0.2, 0) is 6.54 Å². The maximum Gasteiger partial charge on any atom is 0.276 e. The topological polar surface area (TPSA) is 98.7 Å². The quantitative estimate of drug-likeness (QED) is 0.761. The largest absolute Gasteiger partial charge is 0.396 e. The Bertz CT molecular complexity index is 810. The van der Waals surface area contributed by atoms with Crippen molar-refractivity contribution in [2.45, 2.75) is 13.5 Å². The van der Waals surface area contributed by atoms with Gasteiger partial charge in [-0.15, -0.1) is 0 Å². The van der Waals surface area contributed by atoms with Crippen LogP contribution >= 0.6 is 0 Å². The first-order valence-corrected chi connectivity index (χ1v) is 6.52. The molecule has 2 heterocycles. The predicted octanol–water partition coefficient (Wildman–Crippen LogP) is 1.68. The van der Waals surface area contributed by atoms with Gasteiger partial charge in [0, 0.05) is 24.6 Å². The van der Waals surface area contributed by atoms with Crippen molar-refractivity contribution in [3.05, 3.63) is 42.5 Å². The van der Waals surface area contributed by atoms with Gasteiger partial charge >= 0.3 is 0 Å². The smallest absolute Gasteiger partial charge is 0.276 e. The maximum absolute atomic E-state index is 12.3. The third kappa shape index (κ3) is 2.40. The summed E-state index contributed by atoms with van der Waals surface area (Å²) in [4.78, 5) is 20.7. The lowest BCUT2D eigenvalue weighted by Gasteiger charge is -2.08. The third-order valence-electron chi connectivity index (χ3n) is 3.11. The minimum atomic E-state index is -0.296. The molecular weight excluding hydrogens is 268 g/mol. The minimum Gasteiger partial charge on any atom is -0.396 e. The molecule has 0 atom stereocenters. The summed E-state index contributed by atoms with van der Waals surface area (Å²) in [7, 11) is 0. The summed E-state index contributed by atoms with van der Waals surface area (Å²) in [6, 6.07) is 5.35. The summed E-state index contributed by atoms with van der Waals surface area (Å²) in [5.41, 5.74) is 8.63. The van der Waals surface area contributed by atoms with Crippen molar-refractivity contribution in [1.82, 2.24) is 19.7 Å². The van der Waals surface area contributed by atoms with E-state index in [1.54, 1.807) is 35.3 Å². The lowest BCUT2D eigenvalue weighted by Crippen LogP contribution is -2.18. The number of aromatic nitrogens is 4. The number of aryl methyl sites for hydroxylation is 1. The monoisotopic (exact) mass is 282 g/mol. The fraction of sp³-hybridized carbons (Fsp3) is 0.143. The highest BCUT2D eigenvalue weighted by Crippen LogP contribution is 2.18. The molecular formula is C14H14N6O. The van der Waals surface area contributed by atoms with Gasteiger partial charge in [-0.2, -0.15) is 5.10 Å². The summed E-state index contributed by atoms with van der Waals surface area (Å²) < 4.78 is 1.56. The van der Waals surface area contributed by atoms with Gasteiger partial charge in [0.05, 0.1) is 22.9 Å². The average molecular weight is 282 g/mol. The molecule has 0 spiro atoms. The van der Waals surface area contributed by atoms with Gasteiger partial charge < -0.3 is 11.1 Å². The molecule has 7 heteroatoms. The molecule has 106 valence electrons. The normalized spacial score (nSPS) is 10.7. The number of hydrogen-bond acceptors (Lipinski definition) is 5. The molecule has 3 N–H and O–H groups in total. The number of carbonyl (C=O) groups excluding carboxylic acids is 1. The van der Waals surface area contributed by atoms with Gasteiger partial charge in [-0.05, 0) is 25.1 Å². The zero-order chi connectivity index (χ0) is 14.8. The van der Waals surface area contributed by atoms with Crippen LogP contribution in [0.25, 0.3) is 11.0 Å². The first-order chi connectivity index (χ1) is 10.2. The van der Waals surface area contributed by atoms with Crippen LogP contribution in [-0.4, -0.2) is 25.7 Å². The van der Waals surface area contributed by atoms with Crippen LogP contribution < -0.4 is 11.1 Å². The van der Waals surface area contributed by atoms with Crippen molar-refractivity contribution < 1.29 is 4.79 Å². The molecule has 2 aromatic heterocycles. The second-order valence-electron chi connectivity index (χ2n) is 4.48. The lowest BCUT2D eigenvalue weighted by atomic mass is 10.2. The molecule has 0 radical (unpaired) electrons. The Labute approximate surface area is 120 Å². The highest BCUT2D eigenvalue weighted by atomic mass is 16.2. The van der Waals surface area contributed by atoms with Gasteiger partial charge in [0.15, 0.2) is 0 Å². The number of nitrogens with zero attached hydrogens (tertiary/aromatic N) is 4. The van der Waals surface area contributed by atoms with E-state index in [4.69, 9.17) is 5.73 Å². The Morgan fingerprint density at radius 3 is 2.81 bits per heavy atom. The van der Waals surface area contributed by atoms with E-state index in [9.17, 15) is 4.79 Å². The van der Waals surface area contributed by atoms with Crippen molar-refractivity contribution in [2.75, 3.05) is 11.1 Å². The summed E-state index contributed by atoms with van der Waals surface area (Å²) in [6.45, 7) is 2.47. The zero-order valence-electron chi connectivity index (χ0n) is 11.4. The Balaban J connectivity index is 1.90. The van der Waals surface area contributed by atoms with E-state index in [0.717, 1.165) is 5.52 Å². The molecule has 0 bridgehead atoms. The number of carbonyl (C=O) groups is 1. The first kappa shape index (κ1) is 13.0. The van der Waals surface area contributed by atoms with E-state index >= 15 is 0 Å². The van der Waals surface area contributed by atoms with Crippen LogP contribution in [0.1, 0.15) is 17.4 Å². The van der Waals surface area contributed by atoms with E-state index in [1.165, 1.54) is 6.20 Å². The highest BCUT2D eigenvalue weighted by Gasteiger charge is 2.16. The predicted molar refractivity (Wildman–Crippen MR) is 79.8 cm³/mol. The molecule has 0 saturated heterocycles. The second kappa shape index (κ2) is 5.20. The zero-order valence-corrected chi connectivity index (χ0v) is 11.4. The number of nitrogens with two attached hydrogens (primary N) is 1. The average Bonchev–Trinajstić information content (AvgIpc) is 2.88. The molecule has 21 heavy (non-hydrogen) atoms. The number of benzene rings is 1. The summed E-state index contributed by atoms with van der Waals surface area (Å²) in [5, 5.41) is 6.86. The second-order valence-corrected chi connectivity index (χ2v) is 4.48. The number of fused-ring (bicyclic) bond motifs is 1. The number of nitrogens with one attached hydrogen (secondary N) is 1. The van der Waals surface area contributed by atoms with Crippen molar-refractivity contribution >= 4 is 28.3 Å². The standard InChI is InChI=1S/C14H14N6O/c1-2-20-13(10(15)8-18-20)14(21)19-9-3-4-11-12(7-9)17-6-5-16-11/h3-8H,2,15H2,1H3,(H,19,21). The van der Waals surface area contributed by atoms with E-state index < -0.39 is 0 Å². The SMILES string of the molecule is CCn1ncc(N)c1C(=O)Nc1ccc2nccnc2c1. The van der Waals surface area contributed by atoms with E-state index in [-0.39, 0.29) is 5.91 Å². The summed E-state index contributed by atoms with van der Waals surface area (Å²) >= 11 is 0. The van der Waals surface area contributed by atoms with Crippen LogP contribution in [0.15, 0.2) is 36.8 Å². The Morgan fingerprint density at radius 2 is 2.05 bits per heavy atom. The molecule has 0 unspecified atom stereocenters. The Hall–Kier alpha value is -2.96. The summed E-state index contributed by atoms with van der Waals surface area (Å²) in [5.74, 6) is -0.296. The Morgan fingerprint density at radius 1 is 1.29 bits per heavy atom. The van der Waals surface area contributed by atoms with Gasteiger partial charge in [-0.25, -0.2) is 0 Å². The van der Waals surface area contributed by atoms with Gasteiger partial charge in [0.1, 0.15) is 5.69 Å². The fourth-order valence-corrected chi connectivity index (χ4v) is 2.12. The molecule has 0 aliphatic rings. The van der Waals surface area contributed by atoms with Crippen LogP contribution in [0, 0.1) is 0 Å². The van der Waals surface area contributed by atoms with Crippen LogP contribution in [0.3, 0.4) is 0 Å². The highest BCUT2D eigenvalue weighted by molar-refractivity contribution is 6.06. The maximum atomic E-state index is 12.3. The van der Waals surface area contributed by atoms with E-state index in [1.807, 2.05) is 6.92 Å². The molecule has 1 aromatic carbocycles. The number of nitrogen functional groups attached to an aromatic ring is 1. The van der Waals surface area contributed by atoms with Crippen molar-refractivity contribution in [3.8, 4) is 0 Å². The molecule has 0 fully saturated rings. The lowest BCUT2D eigenvalue weighted by molar-refractivity contribution is 0.101. The van der Waals surface area contributed by atoms with Gasteiger partial charge in [0.2, 0.25) is 0 Å². The van der Waals surface area contributed by atoms with Gasteiger partial charge in [0.25, 0.3) is 5.91 Å². The molecule has 0 saturated carbocycles. The first-order valence-electron chi connectivity index (χ1n) is 6.52. The van der Waals surface area contributed by atoms with Crippen LogP contribution in [0.4, 0.5) is 11.4 Å². The number of rotatable bonds is 3. The molecule has 1 amide bonds. The molecule has 3 rings (SSSR count). The van der Waals surface area contributed by atoms with Crippen molar-refractivity contribution in [1.29, 1.82) is 0 Å². The number of hydrogen-bond donors (Lipinski definition) is 2. The van der Waals surface area contributed by atoms with Crippen molar-refractivity contribution in [3.63, 3.8) is 0 Å². The van der Waals surface area contributed by atoms with Gasteiger partial charge in [-0.1, -0.05) is 0 Å². The summed E-state index contributed by atoms with van der Waals surface area (Å²) in [6.07, 6.45) is 4.71. The third-order valence-corrected chi connectivity index (χ3v) is 3.11. The molecule has 0 aliphatic heterocycles. The number of anilines is 2. The van der Waals surface area contributed by atoms with Crippen molar-refractivity contribution in [2.24, 2.45) is 0 Å². The minimum absolute atomic E-state index is 0.296. The Kier molecular flexibility index (Phi) is 3.23. The molecule has 0 aliphatic carbocycles. The van der Waals surface area contributed by atoms with E-state index in [0.29, 0.717) is 29.1 Å². The van der Waals surface area contributed by atoms with Crippen LogP contribution in [0.2, 0.25) is 0 Å².